The molecule has 1 fully saturated rings. The molecule has 190 valence electrons. The average Bonchev–Trinajstić information content (AvgIpc) is 3.54. The first-order chi connectivity index (χ1) is 18.6. The van der Waals surface area contributed by atoms with Gasteiger partial charge in [-0.2, -0.15) is 0 Å². The zero-order valence-electron chi connectivity index (χ0n) is 22.3. The number of rotatable bonds is 4. The lowest BCUT2D eigenvalue weighted by molar-refractivity contribution is -0.682. The van der Waals surface area contributed by atoms with E-state index in [-0.39, 0.29) is 5.41 Å². The van der Waals surface area contributed by atoms with Gasteiger partial charge in [-0.1, -0.05) is 61.7 Å². The van der Waals surface area contributed by atoms with Gasteiger partial charge in [-0.05, 0) is 48.7 Å². The van der Waals surface area contributed by atoms with Crippen LogP contribution in [0.25, 0.3) is 27.5 Å². The molecule has 0 atom stereocenters. The van der Waals surface area contributed by atoms with E-state index in [1.807, 2.05) is 0 Å². The lowest BCUT2D eigenvalue weighted by Crippen LogP contribution is -2.44. The molecule has 1 aliphatic carbocycles. The summed E-state index contributed by atoms with van der Waals surface area (Å²) in [5.74, 6) is 0. The van der Waals surface area contributed by atoms with E-state index in [9.17, 15) is 0 Å². The molecule has 4 nitrogen and oxygen atoms in total. The van der Waals surface area contributed by atoms with Crippen LogP contribution in [0.1, 0.15) is 43.4 Å². The molecule has 0 spiro atoms. The van der Waals surface area contributed by atoms with E-state index in [4.69, 9.17) is 0 Å². The topological polar surface area (TPSA) is 15.3 Å². The van der Waals surface area contributed by atoms with Gasteiger partial charge in [0.15, 0.2) is 11.9 Å². The van der Waals surface area contributed by atoms with Crippen LogP contribution in [-0.4, -0.2) is 23.2 Å². The van der Waals surface area contributed by atoms with Crippen molar-refractivity contribution in [1.29, 1.82) is 0 Å². The second-order valence-electron chi connectivity index (χ2n) is 11.1. The number of hydrogen-bond donors (Lipinski definition) is 0. The Hall–Kier alpha value is -4.05. The first kappa shape index (κ1) is 23.1. The van der Waals surface area contributed by atoms with Gasteiger partial charge in [-0.25, -0.2) is 4.57 Å². The predicted octanol–water partition coefficient (Wildman–Crippen LogP) is 7.04. The van der Waals surface area contributed by atoms with Crippen LogP contribution < -0.4 is 9.47 Å². The van der Waals surface area contributed by atoms with Gasteiger partial charge in [0.05, 0.1) is 23.1 Å². The van der Waals surface area contributed by atoms with E-state index in [0.717, 1.165) is 6.67 Å². The standard InChI is InChI=1S/C34H35N4/c1-35-21-22-37(25-35)27-16-17-30-29-13-4-5-14-31(29)38(32(30)24-27)28-12-10-11-26(23-28)34(18-7-3-8-19-34)33-15-6-9-20-36(33)2/h4-6,9-17,20-24H,3,7-8,18-19,25H2,1-2H3/q+1. The van der Waals surface area contributed by atoms with Crippen LogP contribution in [0.3, 0.4) is 0 Å². The zero-order valence-corrected chi connectivity index (χ0v) is 22.3. The molecule has 2 aliphatic rings. The van der Waals surface area contributed by atoms with E-state index in [2.05, 4.69) is 137 Å². The third-order valence-electron chi connectivity index (χ3n) is 8.77. The number of pyridine rings is 1. The van der Waals surface area contributed by atoms with E-state index in [0.29, 0.717) is 0 Å². The van der Waals surface area contributed by atoms with Gasteiger partial charge in [0.2, 0.25) is 0 Å². The number of benzene rings is 3. The number of hydrogen-bond acceptors (Lipinski definition) is 2. The van der Waals surface area contributed by atoms with Crippen LogP contribution >= 0.6 is 0 Å². The largest absolute Gasteiger partial charge is 0.361 e. The van der Waals surface area contributed by atoms with Crippen LogP contribution in [0.15, 0.2) is 104 Å². The number of para-hydroxylation sites is 1. The molecule has 4 heteroatoms. The Morgan fingerprint density at radius 3 is 2.34 bits per heavy atom. The normalized spacial score (nSPS) is 17.1. The first-order valence-electron chi connectivity index (χ1n) is 13.9. The van der Waals surface area contributed by atoms with Crippen LogP contribution in [0.5, 0.6) is 0 Å². The Morgan fingerprint density at radius 1 is 0.711 bits per heavy atom. The van der Waals surface area contributed by atoms with Crippen molar-refractivity contribution >= 4 is 27.5 Å². The van der Waals surface area contributed by atoms with Gasteiger partial charge in [-0.15, -0.1) is 0 Å². The molecule has 0 bridgehead atoms. The Labute approximate surface area is 225 Å². The molecule has 2 aromatic heterocycles. The highest BCUT2D eigenvalue weighted by atomic mass is 15.3. The monoisotopic (exact) mass is 499 g/mol. The highest BCUT2D eigenvalue weighted by Gasteiger charge is 2.41. The maximum absolute atomic E-state index is 2.47. The lowest BCUT2D eigenvalue weighted by atomic mass is 9.67. The summed E-state index contributed by atoms with van der Waals surface area (Å²) in [6.07, 6.45) is 12.8. The van der Waals surface area contributed by atoms with Crippen molar-refractivity contribution in [3.8, 4) is 5.69 Å². The number of aryl methyl sites for hydroxylation is 1. The fourth-order valence-corrected chi connectivity index (χ4v) is 6.92. The summed E-state index contributed by atoms with van der Waals surface area (Å²) >= 11 is 0. The minimum Gasteiger partial charge on any atom is -0.361 e. The van der Waals surface area contributed by atoms with Crippen LogP contribution in [0.2, 0.25) is 0 Å². The van der Waals surface area contributed by atoms with E-state index in [1.165, 1.54) is 76.5 Å². The maximum Gasteiger partial charge on any atom is 0.191 e. The molecule has 3 heterocycles. The van der Waals surface area contributed by atoms with Crippen molar-refractivity contribution in [2.75, 3.05) is 18.6 Å². The molecule has 38 heavy (non-hydrogen) atoms. The Balaban J connectivity index is 1.44. The number of aromatic nitrogens is 2. The summed E-state index contributed by atoms with van der Waals surface area (Å²) in [7, 11) is 4.32. The quantitative estimate of drug-likeness (QED) is 0.247. The molecule has 0 amide bonds. The molecule has 0 radical (unpaired) electrons. The van der Waals surface area contributed by atoms with Gasteiger partial charge in [-0.3, -0.25) is 0 Å². The highest BCUT2D eigenvalue weighted by Crippen LogP contribution is 2.44. The number of fused-ring (bicyclic) bond motifs is 3. The zero-order chi connectivity index (χ0) is 25.7. The summed E-state index contributed by atoms with van der Waals surface area (Å²) < 4.78 is 4.81. The molecular weight excluding hydrogens is 464 g/mol. The number of anilines is 1. The third kappa shape index (κ3) is 3.62. The predicted molar refractivity (Wildman–Crippen MR) is 157 cm³/mol. The summed E-state index contributed by atoms with van der Waals surface area (Å²) in [5.41, 5.74) is 7.87. The minimum absolute atomic E-state index is 0.0408. The van der Waals surface area contributed by atoms with Gasteiger partial charge in [0.1, 0.15) is 7.05 Å². The van der Waals surface area contributed by atoms with Gasteiger partial charge >= 0.3 is 0 Å². The summed E-state index contributed by atoms with van der Waals surface area (Å²) in [4.78, 5) is 4.51. The van der Waals surface area contributed by atoms with Crippen molar-refractivity contribution < 1.29 is 4.57 Å². The fraction of sp³-hybridized carbons (Fsp3) is 0.265. The molecule has 0 saturated heterocycles. The van der Waals surface area contributed by atoms with Crippen molar-refractivity contribution in [3.63, 3.8) is 0 Å². The van der Waals surface area contributed by atoms with Crippen LogP contribution in [0, 0.1) is 0 Å². The highest BCUT2D eigenvalue weighted by molar-refractivity contribution is 6.10. The van der Waals surface area contributed by atoms with Gasteiger partial charge in [0.25, 0.3) is 0 Å². The lowest BCUT2D eigenvalue weighted by Gasteiger charge is -2.35. The van der Waals surface area contributed by atoms with Crippen LogP contribution in [-0.2, 0) is 12.5 Å². The smallest absolute Gasteiger partial charge is 0.191 e. The van der Waals surface area contributed by atoms with Gasteiger partial charge < -0.3 is 14.4 Å². The SMILES string of the molecule is CN1C=CN(c2ccc3c4ccccc4n(-c4cccc(C5(c6cccc[n+]6C)CCCCC5)c4)c3c2)C1. The molecule has 1 saturated carbocycles. The van der Waals surface area contributed by atoms with Crippen LogP contribution in [0.4, 0.5) is 5.69 Å². The summed E-state index contributed by atoms with van der Waals surface area (Å²) in [5, 5.41) is 2.60. The Morgan fingerprint density at radius 2 is 1.53 bits per heavy atom. The van der Waals surface area contributed by atoms with Crippen molar-refractivity contribution in [2.45, 2.75) is 37.5 Å². The van der Waals surface area contributed by atoms with Crippen molar-refractivity contribution in [3.05, 3.63) is 115 Å². The van der Waals surface area contributed by atoms with E-state index >= 15 is 0 Å². The number of nitrogens with zero attached hydrogens (tertiary/aromatic N) is 4. The van der Waals surface area contributed by atoms with Crippen molar-refractivity contribution in [2.24, 2.45) is 7.05 Å². The summed E-state index contributed by atoms with van der Waals surface area (Å²) in [6, 6.07) is 31.8. The maximum atomic E-state index is 2.47. The second kappa shape index (κ2) is 9.05. The second-order valence-corrected chi connectivity index (χ2v) is 11.1. The Kier molecular flexibility index (Phi) is 5.50. The van der Waals surface area contributed by atoms with E-state index in [1.54, 1.807) is 0 Å². The van der Waals surface area contributed by atoms with E-state index < -0.39 is 0 Å². The third-order valence-corrected chi connectivity index (χ3v) is 8.77. The fourth-order valence-electron chi connectivity index (χ4n) is 6.92. The molecule has 0 unspecified atom stereocenters. The molecular formula is C34H35N4+. The summed E-state index contributed by atoms with van der Waals surface area (Å²) in [6.45, 7) is 0.873. The molecule has 3 aromatic carbocycles. The van der Waals surface area contributed by atoms with Gasteiger partial charge in [0, 0.05) is 53.7 Å². The van der Waals surface area contributed by atoms with Crippen molar-refractivity contribution in [1.82, 2.24) is 9.47 Å². The molecule has 5 aromatic rings. The molecule has 7 rings (SSSR count). The molecule has 1 aliphatic heterocycles. The molecule has 0 N–H and O–H groups in total. The average molecular weight is 500 g/mol. The Bertz CT molecular complexity index is 1670. The first-order valence-corrected chi connectivity index (χ1v) is 13.9. The minimum atomic E-state index is 0.0408.